The molecular weight excluding hydrogens is 309 g/mol. The van der Waals surface area contributed by atoms with Crippen LogP contribution in [-0.2, 0) is 9.53 Å². The Balaban J connectivity index is 5.58. The third-order valence-electron chi connectivity index (χ3n) is 2.46. The third-order valence-corrected chi connectivity index (χ3v) is 2.46. The number of ether oxygens (including phenoxy) is 1. The smallest absolute Gasteiger partial charge is 0.452 e. The molecule has 0 bridgehead atoms. The highest BCUT2D eigenvalue weighted by molar-refractivity contribution is 5.87. The van der Waals surface area contributed by atoms with Crippen LogP contribution in [0.15, 0.2) is 12.2 Å². The van der Waals surface area contributed by atoms with E-state index in [4.69, 9.17) is 0 Å². The van der Waals surface area contributed by atoms with E-state index in [1.807, 2.05) is 0 Å². The van der Waals surface area contributed by atoms with Crippen molar-refractivity contribution in [2.45, 2.75) is 51.3 Å². The molecule has 0 radical (unpaired) electrons. The second-order valence-electron chi connectivity index (χ2n) is 5.00. The fourth-order valence-electron chi connectivity index (χ4n) is 1.32. The van der Waals surface area contributed by atoms with Crippen LogP contribution in [0.3, 0.4) is 0 Å². The Morgan fingerprint density at radius 2 is 1.52 bits per heavy atom. The zero-order chi connectivity index (χ0) is 17.2. The van der Waals surface area contributed by atoms with Crippen molar-refractivity contribution < 1.29 is 40.3 Å². The summed E-state index contributed by atoms with van der Waals surface area (Å²) < 4.78 is 93.6. The lowest BCUT2D eigenvalue weighted by Crippen LogP contribution is -2.59. The van der Waals surface area contributed by atoms with Gasteiger partial charge in [0.15, 0.2) is 6.10 Å². The Labute approximate surface area is 116 Å². The normalized spacial score (nSPS) is 15.0. The van der Waals surface area contributed by atoms with Crippen molar-refractivity contribution in [3.05, 3.63) is 12.2 Å². The number of carbonyl (C=O) groups excluding carboxylic acids is 1. The van der Waals surface area contributed by atoms with Crippen LogP contribution in [0, 0.1) is 5.92 Å². The predicted molar refractivity (Wildman–Crippen MR) is 60.1 cm³/mol. The van der Waals surface area contributed by atoms with E-state index in [1.165, 1.54) is 13.8 Å². The molecule has 0 aromatic carbocycles. The van der Waals surface area contributed by atoms with E-state index in [-0.39, 0.29) is 0 Å². The van der Waals surface area contributed by atoms with Gasteiger partial charge in [0.1, 0.15) is 0 Å². The molecule has 0 fully saturated rings. The molecule has 1 unspecified atom stereocenters. The number of esters is 1. The highest BCUT2D eigenvalue weighted by Gasteiger charge is 2.76. The summed E-state index contributed by atoms with van der Waals surface area (Å²) in [7, 11) is 0. The van der Waals surface area contributed by atoms with Crippen molar-refractivity contribution >= 4 is 5.97 Å². The maximum Gasteiger partial charge on any atom is 0.460 e. The summed E-state index contributed by atoms with van der Waals surface area (Å²) in [6.07, 6.45) is -10.3. The van der Waals surface area contributed by atoms with Gasteiger partial charge in [0.25, 0.3) is 0 Å². The summed E-state index contributed by atoms with van der Waals surface area (Å²) in [4.78, 5) is 11.2. The molecule has 0 spiro atoms. The minimum Gasteiger partial charge on any atom is -0.452 e. The topological polar surface area (TPSA) is 26.3 Å². The molecule has 0 aliphatic rings. The number of rotatable bonds is 6. The second kappa shape index (κ2) is 6.23. The van der Waals surface area contributed by atoms with Crippen LogP contribution < -0.4 is 0 Å². The van der Waals surface area contributed by atoms with Gasteiger partial charge in [0.2, 0.25) is 0 Å². The van der Waals surface area contributed by atoms with Crippen molar-refractivity contribution in [3.63, 3.8) is 0 Å². The maximum absolute atomic E-state index is 13.6. The van der Waals surface area contributed by atoms with Crippen molar-refractivity contribution in [2.75, 3.05) is 0 Å². The van der Waals surface area contributed by atoms with Crippen LogP contribution >= 0.6 is 0 Å². The molecule has 0 rings (SSSR count). The van der Waals surface area contributed by atoms with Crippen LogP contribution in [-0.4, -0.2) is 30.1 Å². The Morgan fingerprint density at radius 3 is 1.81 bits per heavy atom. The molecule has 0 saturated heterocycles. The fourth-order valence-corrected chi connectivity index (χ4v) is 1.32. The van der Waals surface area contributed by atoms with Gasteiger partial charge in [-0.15, -0.1) is 0 Å². The molecule has 9 heteroatoms. The lowest BCUT2D eigenvalue weighted by atomic mass is 9.96. The van der Waals surface area contributed by atoms with E-state index in [0.29, 0.717) is 0 Å². The molecule has 0 N–H and O–H groups in total. The average Bonchev–Trinajstić information content (AvgIpc) is 2.25. The summed E-state index contributed by atoms with van der Waals surface area (Å²) in [6.45, 7) is 6.72. The molecule has 0 aliphatic heterocycles. The summed E-state index contributed by atoms with van der Waals surface area (Å²) in [6, 6.07) is 0. The molecule has 0 aromatic heterocycles. The van der Waals surface area contributed by atoms with Crippen molar-refractivity contribution in [2.24, 2.45) is 5.92 Å². The van der Waals surface area contributed by atoms with Crippen molar-refractivity contribution in [3.8, 4) is 0 Å². The monoisotopic (exact) mass is 324 g/mol. The number of hydrogen-bond acceptors (Lipinski definition) is 2. The lowest BCUT2D eigenvalue weighted by molar-refractivity contribution is -0.371. The van der Waals surface area contributed by atoms with E-state index < -0.39 is 48.0 Å². The van der Waals surface area contributed by atoms with Crippen LogP contribution in [0.25, 0.3) is 0 Å². The van der Waals surface area contributed by atoms with Gasteiger partial charge in [0.05, 0.1) is 0 Å². The van der Waals surface area contributed by atoms with Gasteiger partial charge in [-0.05, 0) is 19.3 Å². The zero-order valence-corrected chi connectivity index (χ0v) is 11.5. The van der Waals surface area contributed by atoms with Crippen LogP contribution in [0.5, 0.6) is 0 Å². The molecule has 1 atom stereocenters. The molecular formula is C12H15F7O2. The van der Waals surface area contributed by atoms with Gasteiger partial charge < -0.3 is 4.74 Å². The van der Waals surface area contributed by atoms with Gasteiger partial charge in [-0.25, -0.2) is 4.79 Å². The molecule has 0 saturated carbocycles. The third kappa shape index (κ3) is 4.34. The Morgan fingerprint density at radius 1 is 1.10 bits per heavy atom. The summed E-state index contributed by atoms with van der Waals surface area (Å²) in [5.41, 5.74) is -0.394. The predicted octanol–water partition coefficient (Wildman–Crippen LogP) is 4.35. The second-order valence-corrected chi connectivity index (χ2v) is 5.00. The van der Waals surface area contributed by atoms with E-state index in [9.17, 15) is 35.5 Å². The van der Waals surface area contributed by atoms with Crippen LogP contribution in [0.2, 0.25) is 0 Å². The molecule has 0 amide bonds. The SMILES string of the molecule is C=C(C)C(=O)OC(CC(C)C)C(F)(F)C(F)(F)C(F)(F)F. The van der Waals surface area contributed by atoms with E-state index >= 15 is 0 Å². The van der Waals surface area contributed by atoms with Gasteiger partial charge >= 0.3 is 24.0 Å². The van der Waals surface area contributed by atoms with Gasteiger partial charge in [-0.3, -0.25) is 0 Å². The molecule has 21 heavy (non-hydrogen) atoms. The maximum atomic E-state index is 13.6. The molecule has 124 valence electrons. The summed E-state index contributed by atoms with van der Waals surface area (Å²) in [5, 5.41) is 0. The first kappa shape index (κ1) is 19.7. The molecule has 2 nitrogen and oxygen atoms in total. The molecule has 0 aliphatic carbocycles. The Hall–Kier alpha value is -1.28. The number of carbonyl (C=O) groups is 1. The minimum atomic E-state index is -6.47. The fraction of sp³-hybridized carbons (Fsp3) is 0.750. The highest BCUT2D eigenvalue weighted by Crippen LogP contribution is 2.49. The first-order valence-electron chi connectivity index (χ1n) is 5.83. The zero-order valence-electron chi connectivity index (χ0n) is 11.5. The van der Waals surface area contributed by atoms with Gasteiger partial charge in [-0.2, -0.15) is 30.7 Å². The minimum absolute atomic E-state index is 0.394. The number of halogens is 7. The van der Waals surface area contributed by atoms with Crippen LogP contribution in [0.1, 0.15) is 27.2 Å². The van der Waals surface area contributed by atoms with Crippen LogP contribution in [0.4, 0.5) is 30.7 Å². The standard InChI is InChI=1S/C12H15F7O2/c1-6(2)5-8(21-9(20)7(3)4)10(13,14)11(15,16)12(17,18)19/h6,8H,3,5H2,1-2,4H3. The highest BCUT2D eigenvalue weighted by atomic mass is 19.4. The molecule has 0 aromatic rings. The lowest BCUT2D eigenvalue weighted by Gasteiger charge is -2.34. The van der Waals surface area contributed by atoms with E-state index in [0.717, 1.165) is 6.92 Å². The van der Waals surface area contributed by atoms with Crippen molar-refractivity contribution in [1.82, 2.24) is 0 Å². The van der Waals surface area contributed by atoms with E-state index in [1.54, 1.807) is 0 Å². The largest absolute Gasteiger partial charge is 0.460 e. The Kier molecular flexibility index (Phi) is 5.85. The first-order valence-corrected chi connectivity index (χ1v) is 5.83. The summed E-state index contributed by atoms with van der Waals surface area (Å²) in [5.74, 6) is -14.1. The molecule has 0 heterocycles. The average molecular weight is 324 g/mol. The van der Waals surface area contributed by atoms with Crippen molar-refractivity contribution in [1.29, 1.82) is 0 Å². The van der Waals surface area contributed by atoms with E-state index in [2.05, 4.69) is 11.3 Å². The first-order chi connectivity index (χ1) is 9.14. The Bertz CT molecular complexity index is 399. The van der Waals surface area contributed by atoms with Gasteiger partial charge in [-0.1, -0.05) is 20.4 Å². The number of hydrogen-bond donors (Lipinski definition) is 0. The number of alkyl halides is 7. The quantitative estimate of drug-likeness (QED) is 0.412. The summed E-state index contributed by atoms with van der Waals surface area (Å²) >= 11 is 0. The van der Waals surface area contributed by atoms with Gasteiger partial charge in [0, 0.05) is 5.57 Å².